The lowest BCUT2D eigenvalue weighted by atomic mass is 10.1. The highest BCUT2D eigenvalue weighted by atomic mass is 32.2. The Bertz CT molecular complexity index is 1030. The fourth-order valence-electron chi connectivity index (χ4n) is 2.62. The molecule has 2 aromatic carbocycles. The van der Waals surface area contributed by atoms with Gasteiger partial charge in [0, 0.05) is 20.1 Å². The van der Waals surface area contributed by atoms with E-state index in [0.29, 0.717) is 0 Å². The summed E-state index contributed by atoms with van der Waals surface area (Å²) in [4.78, 5) is 25.3. The molecule has 2 rings (SSSR count). The Morgan fingerprint density at radius 3 is 2.26 bits per heavy atom. The first kappa shape index (κ1) is 24.3. The third-order valence-corrected chi connectivity index (χ3v) is 6.40. The average Bonchev–Trinajstić information content (AvgIpc) is 2.72. The largest absolute Gasteiger partial charge is 0.350 e. The molecule has 0 saturated heterocycles. The first-order valence-electron chi connectivity index (χ1n) is 9.71. The minimum atomic E-state index is -4.03. The van der Waals surface area contributed by atoms with Gasteiger partial charge in [-0.3, -0.25) is 9.59 Å². The van der Waals surface area contributed by atoms with Gasteiger partial charge in [-0.25, -0.2) is 8.70 Å². The van der Waals surface area contributed by atoms with Crippen LogP contribution in [0.5, 0.6) is 0 Å². The third kappa shape index (κ3) is 6.25. The van der Waals surface area contributed by atoms with E-state index < -0.39 is 28.5 Å². The Balaban J connectivity index is 2.28. The van der Waals surface area contributed by atoms with Gasteiger partial charge in [0.1, 0.15) is 12.4 Å². The maximum atomic E-state index is 13.3. The molecular formula is C21H27FN4O4S. The van der Waals surface area contributed by atoms with Crippen LogP contribution in [0.4, 0.5) is 15.8 Å². The molecule has 0 aliphatic rings. The molecule has 0 radical (unpaired) electrons. The molecule has 0 aromatic heterocycles. The number of hydrogen-bond donors (Lipinski definition) is 2. The van der Waals surface area contributed by atoms with Gasteiger partial charge in [0.05, 0.1) is 16.9 Å². The van der Waals surface area contributed by atoms with E-state index in [-0.39, 0.29) is 28.9 Å². The molecule has 0 saturated carbocycles. The van der Waals surface area contributed by atoms with E-state index >= 15 is 0 Å². The zero-order chi connectivity index (χ0) is 23.2. The summed E-state index contributed by atoms with van der Waals surface area (Å²) in [6.45, 7) is 3.24. The number of rotatable bonds is 9. The first-order valence-corrected chi connectivity index (χ1v) is 11.1. The quantitative estimate of drug-likeness (QED) is 0.614. The summed E-state index contributed by atoms with van der Waals surface area (Å²) in [6, 6.07) is 11.2. The second-order valence-electron chi connectivity index (χ2n) is 7.15. The average molecular weight is 451 g/mol. The van der Waals surface area contributed by atoms with Crippen molar-refractivity contribution in [2.24, 2.45) is 0 Å². The monoisotopic (exact) mass is 450 g/mol. The minimum absolute atomic E-state index is 0.0459. The lowest BCUT2D eigenvalue weighted by Gasteiger charge is -2.27. The van der Waals surface area contributed by atoms with Crippen molar-refractivity contribution in [3.05, 3.63) is 59.9 Å². The molecule has 2 N–H and O–H groups in total. The van der Waals surface area contributed by atoms with Gasteiger partial charge < -0.3 is 10.6 Å². The number of nitrogens with one attached hydrogen (secondary N) is 2. The van der Waals surface area contributed by atoms with E-state index in [1.54, 1.807) is 24.3 Å². The molecule has 10 heteroatoms. The molecule has 0 heterocycles. The van der Waals surface area contributed by atoms with Crippen LogP contribution in [0.15, 0.2) is 48.5 Å². The summed E-state index contributed by atoms with van der Waals surface area (Å²) in [5.74, 6) is -1.53. The number of benzene rings is 2. The van der Waals surface area contributed by atoms with Gasteiger partial charge in [-0.05, 0) is 49.7 Å². The topological polar surface area (TPSA) is 98.8 Å². The SMILES string of the molecule is CC[C@H](C)NC(=O)c1ccccc1NC(=O)CN(c1ccc(F)cc1)S(=O)(=O)N(C)C. The van der Waals surface area contributed by atoms with E-state index in [0.717, 1.165) is 27.2 Å². The highest BCUT2D eigenvalue weighted by Crippen LogP contribution is 2.21. The summed E-state index contributed by atoms with van der Waals surface area (Å²) in [5.41, 5.74) is 0.655. The molecule has 0 aliphatic heterocycles. The standard InChI is InChI=1S/C21H27FN4O4S/c1-5-15(2)23-21(28)18-8-6-7-9-19(18)24-20(27)14-26(31(29,30)25(3)4)17-12-10-16(22)11-13-17/h6-13,15H,5,14H2,1-4H3,(H,23,28)(H,24,27)/t15-/m0/s1. The van der Waals surface area contributed by atoms with Crippen LogP contribution in [0.25, 0.3) is 0 Å². The molecule has 0 unspecified atom stereocenters. The number of carbonyl (C=O) groups is 2. The molecule has 0 spiro atoms. The lowest BCUT2D eigenvalue weighted by Crippen LogP contribution is -2.44. The van der Waals surface area contributed by atoms with Gasteiger partial charge in [0.15, 0.2) is 0 Å². The van der Waals surface area contributed by atoms with Crippen molar-refractivity contribution in [3.8, 4) is 0 Å². The highest BCUT2D eigenvalue weighted by Gasteiger charge is 2.27. The van der Waals surface area contributed by atoms with Crippen LogP contribution in [-0.2, 0) is 15.0 Å². The summed E-state index contributed by atoms with van der Waals surface area (Å²) < 4.78 is 40.6. The molecule has 2 amide bonds. The van der Waals surface area contributed by atoms with Crippen molar-refractivity contribution in [2.75, 3.05) is 30.3 Å². The fraction of sp³-hybridized carbons (Fsp3) is 0.333. The van der Waals surface area contributed by atoms with Crippen LogP contribution >= 0.6 is 0 Å². The molecule has 2 aromatic rings. The zero-order valence-corrected chi connectivity index (χ0v) is 18.7. The van der Waals surface area contributed by atoms with E-state index in [1.807, 2.05) is 13.8 Å². The van der Waals surface area contributed by atoms with Gasteiger partial charge in [-0.15, -0.1) is 0 Å². The van der Waals surface area contributed by atoms with Crippen LogP contribution in [0, 0.1) is 5.82 Å². The van der Waals surface area contributed by atoms with Crippen molar-refractivity contribution in [1.82, 2.24) is 9.62 Å². The predicted molar refractivity (Wildman–Crippen MR) is 119 cm³/mol. The van der Waals surface area contributed by atoms with Crippen LogP contribution in [0.3, 0.4) is 0 Å². The van der Waals surface area contributed by atoms with Crippen molar-refractivity contribution < 1.29 is 22.4 Å². The van der Waals surface area contributed by atoms with Crippen molar-refractivity contribution >= 4 is 33.4 Å². The Kier molecular flexibility index (Phi) is 8.12. The molecular weight excluding hydrogens is 423 g/mol. The molecule has 8 nitrogen and oxygen atoms in total. The summed E-state index contributed by atoms with van der Waals surface area (Å²) in [7, 11) is -1.37. The number of halogens is 1. The maximum Gasteiger partial charge on any atom is 0.304 e. The van der Waals surface area contributed by atoms with E-state index in [1.165, 1.54) is 26.2 Å². The second kappa shape index (κ2) is 10.4. The van der Waals surface area contributed by atoms with Crippen molar-refractivity contribution in [2.45, 2.75) is 26.3 Å². The van der Waals surface area contributed by atoms with E-state index in [9.17, 15) is 22.4 Å². The van der Waals surface area contributed by atoms with Gasteiger partial charge >= 0.3 is 10.2 Å². The van der Waals surface area contributed by atoms with Crippen LogP contribution < -0.4 is 14.9 Å². The molecule has 31 heavy (non-hydrogen) atoms. The normalized spacial score (nSPS) is 12.3. The summed E-state index contributed by atoms with van der Waals surface area (Å²) in [5, 5.41) is 5.44. The number of anilines is 2. The number of hydrogen-bond acceptors (Lipinski definition) is 4. The Labute approximate surface area is 182 Å². The van der Waals surface area contributed by atoms with E-state index in [2.05, 4.69) is 10.6 Å². The molecule has 0 bridgehead atoms. The third-order valence-electron chi connectivity index (χ3n) is 4.58. The number of carbonyl (C=O) groups excluding carboxylic acids is 2. The lowest BCUT2D eigenvalue weighted by molar-refractivity contribution is -0.114. The van der Waals surface area contributed by atoms with Crippen molar-refractivity contribution in [3.63, 3.8) is 0 Å². The maximum absolute atomic E-state index is 13.3. The van der Waals surface area contributed by atoms with Crippen LogP contribution in [0.1, 0.15) is 30.6 Å². The first-order chi connectivity index (χ1) is 14.6. The zero-order valence-electron chi connectivity index (χ0n) is 17.9. The minimum Gasteiger partial charge on any atom is -0.350 e. The molecule has 0 aliphatic carbocycles. The Morgan fingerprint density at radius 2 is 1.68 bits per heavy atom. The number of para-hydroxylation sites is 1. The highest BCUT2D eigenvalue weighted by molar-refractivity contribution is 7.90. The van der Waals surface area contributed by atoms with Crippen LogP contribution in [0.2, 0.25) is 0 Å². The van der Waals surface area contributed by atoms with Gasteiger partial charge in [0.25, 0.3) is 5.91 Å². The number of amides is 2. The van der Waals surface area contributed by atoms with Crippen LogP contribution in [-0.4, -0.2) is 51.2 Å². The summed E-state index contributed by atoms with van der Waals surface area (Å²) in [6.07, 6.45) is 0.745. The molecule has 1 atom stereocenters. The second-order valence-corrected chi connectivity index (χ2v) is 9.22. The molecule has 0 fully saturated rings. The fourth-order valence-corrected chi connectivity index (χ4v) is 3.69. The van der Waals surface area contributed by atoms with Crippen molar-refractivity contribution in [1.29, 1.82) is 0 Å². The summed E-state index contributed by atoms with van der Waals surface area (Å²) >= 11 is 0. The molecule has 168 valence electrons. The van der Waals surface area contributed by atoms with E-state index in [4.69, 9.17) is 0 Å². The van der Waals surface area contributed by atoms with Gasteiger partial charge in [-0.2, -0.15) is 12.7 Å². The predicted octanol–water partition coefficient (Wildman–Crippen LogP) is 2.61. The van der Waals surface area contributed by atoms with Gasteiger partial charge in [-0.1, -0.05) is 19.1 Å². The smallest absolute Gasteiger partial charge is 0.304 e. The Morgan fingerprint density at radius 1 is 1.06 bits per heavy atom. The van der Waals surface area contributed by atoms with Gasteiger partial charge in [0.2, 0.25) is 5.91 Å². The Hall–Kier alpha value is -2.98. The number of nitrogens with zero attached hydrogens (tertiary/aromatic N) is 2.